The minimum Gasteiger partial charge on any atom is -0.364 e. The first-order valence-electron chi connectivity index (χ1n) is 12.2. The summed E-state index contributed by atoms with van der Waals surface area (Å²) in [4.78, 5) is 13.1. The molecule has 7 nitrogen and oxygen atoms in total. The van der Waals surface area contributed by atoms with Crippen molar-refractivity contribution in [1.29, 1.82) is 0 Å². The maximum atomic E-state index is 14.0. The molecular formula is C26H30N6OS. The van der Waals surface area contributed by atoms with Crippen LogP contribution in [0.15, 0.2) is 51.7 Å². The Morgan fingerprint density at radius 1 is 1.15 bits per heavy atom. The Labute approximate surface area is 200 Å². The van der Waals surface area contributed by atoms with Gasteiger partial charge in [0, 0.05) is 29.6 Å². The summed E-state index contributed by atoms with van der Waals surface area (Å²) in [5.41, 5.74) is 9.58. The van der Waals surface area contributed by atoms with Crippen molar-refractivity contribution in [2.24, 2.45) is 10.1 Å². The van der Waals surface area contributed by atoms with E-state index in [0.717, 1.165) is 59.3 Å². The van der Waals surface area contributed by atoms with Crippen LogP contribution in [0.2, 0.25) is 0 Å². The van der Waals surface area contributed by atoms with Gasteiger partial charge < -0.3 is 16.0 Å². The second-order valence-electron chi connectivity index (χ2n) is 10.9. The molecular weight excluding hydrogens is 444 g/mol. The standard InChI is InChI=1S/C26H30N6OS/c1-17-6-9-21-20(12-17)23(30-26-14-25(27,15-26)16-26)29-24(28-21)32-10-11-34(33,31-19-7-8-19)22-5-3-2-4-18(22)13-32/h2-6,9,12,19H,7-8,10-11,13-16,27H2,1H3,(H,28,29,30). The first kappa shape index (κ1) is 20.6. The Bertz CT molecular complexity index is 1440. The van der Waals surface area contributed by atoms with Crippen molar-refractivity contribution in [3.63, 3.8) is 0 Å². The number of fused-ring (bicyclic) bond motifs is 2. The molecule has 34 heavy (non-hydrogen) atoms. The van der Waals surface area contributed by atoms with Gasteiger partial charge in [0.2, 0.25) is 5.95 Å². The summed E-state index contributed by atoms with van der Waals surface area (Å²) in [5, 5.41) is 4.79. The summed E-state index contributed by atoms with van der Waals surface area (Å²) >= 11 is 0. The van der Waals surface area contributed by atoms with Crippen LogP contribution < -0.4 is 16.0 Å². The van der Waals surface area contributed by atoms with Gasteiger partial charge in [0.25, 0.3) is 0 Å². The molecule has 4 fully saturated rings. The van der Waals surface area contributed by atoms with E-state index in [0.29, 0.717) is 24.8 Å². The number of benzene rings is 2. The molecule has 0 spiro atoms. The van der Waals surface area contributed by atoms with Crippen LogP contribution in [-0.2, 0) is 16.3 Å². The van der Waals surface area contributed by atoms with Gasteiger partial charge in [0.05, 0.1) is 31.9 Å². The molecule has 0 saturated heterocycles. The number of nitrogens with two attached hydrogens (primary N) is 1. The first-order valence-corrected chi connectivity index (χ1v) is 13.9. The zero-order valence-electron chi connectivity index (χ0n) is 19.5. The van der Waals surface area contributed by atoms with Crippen LogP contribution in [0.1, 0.15) is 43.2 Å². The third-order valence-corrected chi connectivity index (χ3v) is 10.2. The van der Waals surface area contributed by atoms with E-state index < -0.39 is 9.73 Å². The Morgan fingerprint density at radius 2 is 1.94 bits per heavy atom. The lowest BCUT2D eigenvalue weighted by Crippen LogP contribution is -2.79. The average Bonchev–Trinajstić information content (AvgIpc) is 3.60. The van der Waals surface area contributed by atoms with Crippen molar-refractivity contribution >= 4 is 32.4 Å². The predicted molar refractivity (Wildman–Crippen MR) is 136 cm³/mol. The minimum absolute atomic E-state index is 0.0222. The number of nitrogens with one attached hydrogen (secondary N) is 1. The van der Waals surface area contributed by atoms with E-state index in [4.69, 9.17) is 20.1 Å². The van der Waals surface area contributed by atoms with Crippen LogP contribution >= 0.6 is 0 Å². The second-order valence-corrected chi connectivity index (χ2v) is 13.2. The lowest BCUT2D eigenvalue weighted by molar-refractivity contribution is -0.0319. The minimum atomic E-state index is -2.45. The topological polar surface area (TPSA) is 96.5 Å². The molecule has 4 saturated carbocycles. The second kappa shape index (κ2) is 6.92. The van der Waals surface area contributed by atoms with Crippen LogP contribution in [0.25, 0.3) is 10.9 Å². The van der Waals surface area contributed by atoms with Gasteiger partial charge in [-0.1, -0.05) is 29.8 Å². The highest BCUT2D eigenvalue weighted by molar-refractivity contribution is 7.93. The molecule has 1 unspecified atom stereocenters. The summed E-state index contributed by atoms with van der Waals surface area (Å²) in [5.74, 6) is 2.06. The quantitative estimate of drug-likeness (QED) is 0.593. The zero-order chi connectivity index (χ0) is 23.1. The summed E-state index contributed by atoms with van der Waals surface area (Å²) in [6, 6.07) is 14.6. The maximum Gasteiger partial charge on any atom is 0.228 e. The highest BCUT2D eigenvalue weighted by atomic mass is 32.2. The third kappa shape index (κ3) is 3.30. The van der Waals surface area contributed by atoms with E-state index in [9.17, 15) is 4.21 Å². The van der Waals surface area contributed by atoms with Crippen molar-refractivity contribution in [3.8, 4) is 0 Å². The molecule has 0 amide bonds. The average molecular weight is 475 g/mol. The van der Waals surface area contributed by atoms with Crippen molar-refractivity contribution in [2.45, 2.75) is 67.6 Å². The van der Waals surface area contributed by atoms with Gasteiger partial charge in [-0.3, -0.25) is 0 Å². The zero-order valence-corrected chi connectivity index (χ0v) is 20.3. The highest BCUT2D eigenvalue weighted by Gasteiger charge is 2.66. The number of hydrogen-bond donors (Lipinski definition) is 2. The summed E-state index contributed by atoms with van der Waals surface area (Å²) < 4.78 is 18.8. The fourth-order valence-electron chi connectivity index (χ4n) is 5.99. The number of aryl methyl sites for hydroxylation is 1. The van der Waals surface area contributed by atoms with Gasteiger partial charge in [0.1, 0.15) is 5.82 Å². The molecule has 4 aliphatic carbocycles. The van der Waals surface area contributed by atoms with Crippen LogP contribution in [0, 0.1) is 6.92 Å². The predicted octanol–water partition coefficient (Wildman–Crippen LogP) is 3.99. The van der Waals surface area contributed by atoms with Gasteiger partial charge in [-0.05, 0) is 62.8 Å². The van der Waals surface area contributed by atoms with Crippen LogP contribution in [0.5, 0.6) is 0 Å². The Morgan fingerprint density at radius 3 is 2.71 bits per heavy atom. The largest absolute Gasteiger partial charge is 0.364 e. The summed E-state index contributed by atoms with van der Waals surface area (Å²) in [6.45, 7) is 3.33. The lowest BCUT2D eigenvalue weighted by Gasteiger charge is -2.69. The molecule has 1 aromatic heterocycles. The van der Waals surface area contributed by atoms with Crippen LogP contribution in [-0.4, -0.2) is 43.6 Å². The van der Waals surface area contributed by atoms with E-state index in [1.165, 1.54) is 5.56 Å². The molecule has 2 aromatic carbocycles. The van der Waals surface area contributed by atoms with Gasteiger partial charge in [-0.15, -0.1) is 0 Å². The number of rotatable bonds is 4. The van der Waals surface area contributed by atoms with Crippen molar-refractivity contribution in [2.75, 3.05) is 22.5 Å². The smallest absolute Gasteiger partial charge is 0.228 e. The number of hydrogen-bond acceptors (Lipinski definition) is 7. The normalized spacial score (nSPS) is 31.8. The van der Waals surface area contributed by atoms with Crippen molar-refractivity contribution < 1.29 is 4.21 Å². The highest BCUT2D eigenvalue weighted by Crippen LogP contribution is 2.60. The molecule has 2 heterocycles. The van der Waals surface area contributed by atoms with Crippen LogP contribution in [0.3, 0.4) is 0 Å². The first-order chi connectivity index (χ1) is 16.3. The molecule has 2 bridgehead atoms. The lowest BCUT2D eigenvalue weighted by atomic mass is 9.44. The Hall–Kier alpha value is -2.71. The van der Waals surface area contributed by atoms with Crippen molar-refractivity contribution in [1.82, 2.24) is 9.97 Å². The van der Waals surface area contributed by atoms with Crippen LogP contribution in [0.4, 0.5) is 11.8 Å². The van der Waals surface area contributed by atoms with E-state index in [1.807, 2.05) is 18.2 Å². The van der Waals surface area contributed by atoms with Gasteiger partial charge in [-0.2, -0.15) is 4.98 Å². The van der Waals surface area contributed by atoms with E-state index in [1.54, 1.807) is 0 Å². The fraction of sp³-hybridized carbons (Fsp3) is 0.462. The number of nitrogens with zero attached hydrogens (tertiary/aromatic N) is 4. The fourth-order valence-corrected chi connectivity index (χ4v) is 8.42. The molecule has 0 radical (unpaired) electrons. The SMILES string of the molecule is Cc1ccc2nc(N3CCS(=O)(=NC4CC4)c4ccccc4C3)nc(NC34CC(N)(C3)C4)c2c1. The molecule has 176 valence electrons. The van der Waals surface area contributed by atoms with E-state index >= 15 is 0 Å². The van der Waals surface area contributed by atoms with E-state index in [-0.39, 0.29) is 17.1 Å². The molecule has 5 aliphatic rings. The Balaban J connectivity index is 1.30. The molecule has 8 rings (SSSR count). The van der Waals surface area contributed by atoms with Gasteiger partial charge in [-0.25, -0.2) is 13.6 Å². The molecule has 1 aliphatic heterocycles. The number of aromatic nitrogens is 2. The summed E-state index contributed by atoms with van der Waals surface area (Å²) in [7, 11) is -2.45. The van der Waals surface area contributed by atoms with Gasteiger partial charge in [0.15, 0.2) is 0 Å². The molecule has 3 N–H and O–H groups in total. The molecule has 8 heteroatoms. The van der Waals surface area contributed by atoms with Crippen molar-refractivity contribution in [3.05, 3.63) is 53.6 Å². The monoisotopic (exact) mass is 474 g/mol. The molecule has 1 atom stereocenters. The Kier molecular flexibility index (Phi) is 4.20. The maximum absolute atomic E-state index is 14.0. The van der Waals surface area contributed by atoms with E-state index in [2.05, 4.69) is 41.4 Å². The number of anilines is 2. The third-order valence-electron chi connectivity index (χ3n) is 7.76. The summed E-state index contributed by atoms with van der Waals surface area (Å²) in [6.07, 6.45) is 5.09. The molecule has 3 aromatic rings. The van der Waals surface area contributed by atoms with Gasteiger partial charge >= 0.3 is 0 Å².